The molecule has 0 aromatic carbocycles. The second-order valence-electron chi connectivity index (χ2n) is 4.34. The van der Waals surface area contributed by atoms with E-state index in [0.29, 0.717) is 6.04 Å². The molecule has 0 amide bonds. The van der Waals surface area contributed by atoms with Crippen LogP contribution in [0.2, 0.25) is 0 Å². The fourth-order valence-corrected chi connectivity index (χ4v) is 2.03. The van der Waals surface area contributed by atoms with Gasteiger partial charge < -0.3 is 5.32 Å². The van der Waals surface area contributed by atoms with Gasteiger partial charge in [-0.2, -0.15) is 0 Å². The standard InChI is InChI=1S/C10H21N/c1-7(2)11-10-6-5-8(3)9(10)4/h7-11H,5-6H2,1-4H3. The maximum atomic E-state index is 3.62. The molecule has 1 aliphatic rings. The van der Waals surface area contributed by atoms with E-state index in [-0.39, 0.29) is 0 Å². The molecule has 1 aliphatic carbocycles. The Balaban J connectivity index is 2.36. The van der Waals surface area contributed by atoms with E-state index in [9.17, 15) is 0 Å². The summed E-state index contributed by atoms with van der Waals surface area (Å²) in [6.07, 6.45) is 2.78. The highest BCUT2D eigenvalue weighted by Gasteiger charge is 2.29. The molecule has 1 fully saturated rings. The molecular weight excluding hydrogens is 134 g/mol. The normalized spacial score (nSPS) is 38.5. The van der Waals surface area contributed by atoms with Gasteiger partial charge in [0, 0.05) is 12.1 Å². The molecule has 0 bridgehead atoms. The molecular formula is C10H21N. The van der Waals surface area contributed by atoms with Gasteiger partial charge in [0.15, 0.2) is 0 Å². The van der Waals surface area contributed by atoms with Gasteiger partial charge in [-0.1, -0.05) is 27.7 Å². The number of rotatable bonds is 2. The van der Waals surface area contributed by atoms with Crippen molar-refractivity contribution in [2.75, 3.05) is 0 Å². The van der Waals surface area contributed by atoms with E-state index in [1.165, 1.54) is 12.8 Å². The van der Waals surface area contributed by atoms with E-state index in [2.05, 4.69) is 33.0 Å². The molecule has 66 valence electrons. The van der Waals surface area contributed by atoms with Gasteiger partial charge in [-0.3, -0.25) is 0 Å². The van der Waals surface area contributed by atoms with Crippen molar-refractivity contribution in [1.29, 1.82) is 0 Å². The summed E-state index contributed by atoms with van der Waals surface area (Å²) in [5, 5.41) is 3.62. The minimum Gasteiger partial charge on any atom is -0.312 e. The van der Waals surface area contributed by atoms with Crippen LogP contribution in [0.15, 0.2) is 0 Å². The Morgan fingerprint density at radius 3 is 2.18 bits per heavy atom. The average Bonchev–Trinajstić information content (AvgIpc) is 2.18. The predicted molar refractivity (Wildman–Crippen MR) is 49.6 cm³/mol. The van der Waals surface area contributed by atoms with Crippen LogP contribution >= 0.6 is 0 Å². The van der Waals surface area contributed by atoms with Gasteiger partial charge in [-0.15, -0.1) is 0 Å². The molecule has 0 aliphatic heterocycles. The second kappa shape index (κ2) is 3.57. The smallest absolute Gasteiger partial charge is 0.00976 e. The van der Waals surface area contributed by atoms with E-state index in [4.69, 9.17) is 0 Å². The Labute approximate surface area is 70.6 Å². The van der Waals surface area contributed by atoms with Crippen molar-refractivity contribution in [1.82, 2.24) is 5.32 Å². The minimum absolute atomic E-state index is 0.646. The molecule has 1 saturated carbocycles. The van der Waals surface area contributed by atoms with Crippen LogP contribution < -0.4 is 5.32 Å². The van der Waals surface area contributed by atoms with Crippen molar-refractivity contribution in [3.63, 3.8) is 0 Å². The highest BCUT2D eigenvalue weighted by molar-refractivity contribution is 4.85. The van der Waals surface area contributed by atoms with Crippen molar-refractivity contribution >= 4 is 0 Å². The Morgan fingerprint density at radius 1 is 1.18 bits per heavy atom. The van der Waals surface area contributed by atoms with Crippen LogP contribution in [0.25, 0.3) is 0 Å². The summed E-state index contributed by atoms with van der Waals surface area (Å²) >= 11 is 0. The molecule has 1 heteroatoms. The first-order valence-corrected chi connectivity index (χ1v) is 4.87. The topological polar surface area (TPSA) is 12.0 Å². The third kappa shape index (κ3) is 2.19. The lowest BCUT2D eigenvalue weighted by atomic mass is 9.97. The number of hydrogen-bond acceptors (Lipinski definition) is 1. The molecule has 1 nitrogen and oxygen atoms in total. The lowest BCUT2D eigenvalue weighted by molar-refractivity contribution is 0.352. The van der Waals surface area contributed by atoms with Gasteiger partial charge in [0.25, 0.3) is 0 Å². The zero-order valence-corrected chi connectivity index (χ0v) is 8.22. The van der Waals surface area contributed by atoms with Crippen molar-refractivity contribution in [3.05, 3.63) is 0 Å². The average molecular weight is 155 g/mol. The van der Waals surface area contributed by atoms with E-state index < -0.39 is 0 Å². The summed E-state index contributed by atoms with van der Waals surface area (Å²) < 4.78 is 0. The molecule has 0 radical (unpaired) electrons. The van der Waals surface area contributed by atoms with Crippen molar-refractivity contribution in [2.45, 2.75) is 52.6 Å². The van der Waals surface area contributed by atoms with Crippen LogP contribution in [-0.2, 0) is 0 Å². The molecule has 1 N–H and O–H groups in total. The Kier molecular flexibility index (Phi) is 2.94. The third-order valence-electron chi connectivity index (χ3n) is 3.01. The maximum absolute atomic E-state index is 3.62. The first-order valence-electron chi connectivity index (χ1n) is 4.87. The quantitative estimate of drug-likeness (QED) is 0.645. The number of nitrogens with one attached hydrogen (secondary N) is 1. The van der Waals surface area contributed by atoms with Crippen LogP contribution in [0.5, 0.6) is 0 Å². The predicted octanol–water partition coefficient (Wildman–Crippen LogP) is 2.42. The van der Waals surface area contributed by atoms with Crippen LogP contribution in [0.1, 0.15) is 40.5 Å². The van der Waals surface area contributed by atoms with Crippen molar-refractivity contribution < 1.29 is 0 Å². The highest BCUT2D eigenvalue weighted by Crippen LogP contribution is 2.31. The molecule has 0 aromatic heterocycles. The molecule has 0 heterocycles. The summed E-state index contributed by atoms with van der Waals surface area (Å²) in [5.74, 6) is 1.80. The zero-order chi connectivity index (χ0) is 8.43. The molecule has 11 heavy (non-hydrogen) atoms. The van der Waals surface area contributed by atoms with Gasteiger partial charge in [0.1, 0.15) is 0 Å². The Bertz CT molecular complexity index is 120. The molecule has 3 unspecified atom stereocenters. The Morgan fingerprint density at radius 2 is 1.82 bits per heavy atom. The minimum atomic E-state index is 0.646. The molecule has 1 rings (SSSR count). The molecule has 3 atom stereocenters. The number of hydrogen-bond donors (Lipinski definition) is 1. The Hall–Kier alpha value is -0.0400. The third-order valence-corrected chi connectivity index (χ3v) is 3.01. The molecule has 0 saturated heterocycles. The van der Waals surface area contributed by atoms with Crippen LogP contribution in [0.3, 0.4) is 0 Å². The van der Waals surface area contributed by atoms with E-state index in [1.54, 1.807) is 0 Å². The lowest BCUT2D eigenvalue weighted by Crippen LogP contribution is -2.37. The lowest BCUT2D eigenvalue weighted by Gasteiger charge is -2.21. The monoisotopic (exact) mass is 155 g/mol. The van der Waals surface area contributed by atoms with Gasteiger partial charge in [0.2, 0.25) is 0 Å². The summed E-state index contributed by atoms with van der Waals surface area (Å²) in [6.45, 7) is 9.20. The van der Waals surface area contributed by atoms with Gasteiger partial charge >= 0.3 is 0 Å². The van der Waals surface area contributed by atoms with E-state index in [0.717, 1.165) is 17.9 Å². The molecule has 0 aromatic rings. The highest BCUT2D eigenvalue weighted by atomic mass is 14.9. The first kappa shape index (κ1) is 9.05. The summed E-state index contributed by atoms with van der Waals surface area (Å²) in [7, 11) is 0. The maximum Gasteiger partial charge on any atom is 0.00976 e. The van der Waals surface area contributed by atoms with Crippen molar-refractivity contribution in [3.8, 4) is 0 Å². The van der Waals surface area contributed by atoms with Crippen molar-refractivity contribution in [2.24, 2.45) is 11.8 Å². The summed E-state index contributed by atoms with van der Waals surface area (Å²) in [6, 6.07) is 1.43. The largest absolute Gasteiger partial charge is 0.312 e. The second-order valence-corrected chi connectivity index (χ2v) is 4.34. The van der Waals surface area contributed by atoms with Crippen LogP contribution in [-0.4, -0.2) is 12.1 Å². The van der Waals surface area contributed by atoms with E-state index in [1.807, 2.05) is 0 Å². The fraction of sp³-hybridized carbons (Fsp3) is 1.00. The zero-order valence-electron chi connectivity index (χ0n) is 8.22. The van der Waals surface area contributed by atoms with E-state index >= 15 is 0 Å². The molecule has 0 spiro atoms. The SMILES string of the molecule is CC(C)NC1CCC(C)C1C. The van der Waals surface area contributed by atoms with Gasteiger partial charge in [-0.05, 0) is 24.7 Å². The first-order chi connectivity index (χ1) is 5.11. The summed E-state index contributed by atoms with van der Waals surface area (Å²) in [5.41, 5.74) is 0. The van der Waals surface area contributed by atoms with Gasteiger partial charge in [-0.25, -0.2) is 0 Å². The van der Waals surface area contributed by atoms with Crippen LogP contribution in [0.4, 0.5) is 0 Å². The fourth-order valence-electron chi connectivity index (χ4n) is 2.03. The van der Waals surface area contributed by atoms with Gasteiger partial charge in [0.05, 0.1) is 0 Å². The van der Waals surface area contributed by atoms with Crippen LogP contribution in [0, 0.1) is 11.8 Å². The summed E-state index contributed by atoms with van der Waals surface area (Å²) in [4.78, 5) is 0.